The molecule has 0 radical (unpaired) electrons. The molecule has 2 N–H and O–H groups in total. The number of pyridine rings is 1. The van der Waals surface area contributed by atoms with Crippen LogP contribution in [-0.4, -0.2) is 29.8 Å². The summed E-state index contributed by atoms with van der Waals surface area (Å²) < 4.78 is 11.0. The Bertz CT molecular complexity index is 822. The van der Waals surface area contributed by atoms with E-state index < -0.39 is 0 Å². The minimum Gasteiger partial charge on any atom is -0.450 e. The number of benzene rings is 1. The second-order valence-corrected chi connectivity index (χ2v) is 6.75. The van der Waals surface area contributed by atoms with Crippen LogP contribution in [0, 0.1) is 6.92 Å². The number of nitrogens with one attached hydrogen (secondary N) is 2. The van der Waals surface area contributed by atoms with Crippen LogP contribution in [0.4, 0.5) is 4.79 Å². The zero-order chi connectivity index (χ0) is 18.5. The van der Waals surface area contributed by atoms with Crippen LogP contribution in [0.1, 0.15) is 43.9 Å². The van der Waals surface area contributed by atoms with Crippen LogP contribution < -0.4 is 10.7 Å². The number of aromatic nitrogens is 1. The van der Waals surface area contributed by atoms with Crippen molar-refractivity contribution in [3.05, 3.63) is 45.7 Å². The first-order valence-electron chi connectivity index (χ1n) is 9.24. The molecule has 2 aromatic rings. The molecule has 0 unspecified atom stereocenters. The van der Waals surface area contributed by atoms with Gasteiger partial charge in [-0.2, -0.15) is 0 Å². The molecule has 0 bridgehead atoms. The molecule has 0 aliphatic heterocycles. The number of rotatable bonds is 5. The van der Waals surface area contributed by atoms with Gasteiger partial charge >= 0.3 is 6.09 Å². The third kappa shape index (κ3) is 4.25. The molecule has 6 nitrogen and oxygen atoms in total. The summed E-state index contributed by atoms with van der Waals surface area (Å²) in [4.78, 5) is 27.3. The number of hydrogen-bond donors (Lipinski definition) is 2. The Morgan fingerprint density at radius 1 is 1.23 bits per heavy atom. The third-order valence-electron chi connectivity index (χ3n) is 4.99. The fourth-order valence-corrected chi connectivity index (χ4v) is 3.44. The quantitative estimate of drug-likeness (QED) is 0.858. The highest BCUT2D eigenvalue weighted by Gasteiger charge is 2.23. The van der Waals surface area contributed by atoms with Gasteiger partial charge in [-0.3, -0.25) is 4.79 Å². The molecule has 1 saturated carbocycles. The number of carbonyl (C=O) groups is 1. The Labute approximate surface area is 152 Å². The average Bonchev–Trinajstić information content (AvgIpc) is 2.65. The predicted molar refractivity (Wildman–Crippen MR) is 100 cm³/mol. The number of carbonyl (C=O) groups excluding carboxylic acids is 1. The zero-order valence-corrected chi connectivity index (χ0v) is 15.3. The highest BCUT2D eigenvalue weighted by atomic mass is 16.5. The fraction of sp³-hybridized carbons (Fsp3) is 0.500. The maximum atomic E-state index is 12.5. The van der Waals surface area contributed by atoms with E-state index in [1.165, 1.54) is 0 Å². The van der Waals surface area contributed by atoms with Crippen molar-refractivity contribution in [3.8, 4) is 0 Å². The van der Waals surface area contributed by atoms with Crippen molar-refractivity contribution >= 4 is 17.0 Å². The summed E-state index contributed by atoms with van der Waals surface area (Å²) in [6.45, 7) is 4.41. The first kappa shape index (κ1) is 18.5. The largest absolute Gasteiger partial charge is 0.450 e. The lowest BCUT2D eigenvalue weighted by Gasteiger charge is -2.29. The second-order valence-electron chi connectivity index (χ2n) is 6.75. The van der Waals surface area contributed by atoms with E-state index in [0.29, 0.717) is 24.2 Å². The topological polar surface area (TPSA) is 80.4 Å². The Morgan fingerprint density at radius 2 is 1.96 bits per heavy atom. The smallest absolute Gasteiger partial charge is 0.407 e. The summed E-state index contributed by atoms with van der Waals surface area (Å²) in [7, 11) is 0. The van der Waals surface area contributed by atoms with Crippen molar-refractivity contribution in [2.45, 2.75) is 58.3 Å². The van der Waals surface area contributed by atoms with E-state index in [1.54, 1.807) is 6.92 Å². The Balaban J connectivity index is 1.56. The van der Waals surface area contributed by atoms with Crippen LogP contribution in [0.25, 0.3) is 10.9 Å². The van der Waals surface area contributed by atoms with E-state index in [4.69, 9.17) is 9.47 Å². The average molecular weight is 358 g/mol. The summed E-state index contributed by atoms with van der Waals surface area (Å²) in [5, 5.41) is 3.59. The van der Waals surface area contributed by atoms with Gasteiger partial charge in [0, 0.05) is 28.2 Å². The van der Waals surface area contributed by atoms with Gasteiger partial charge in [-0.05, 0) is 51.7 Å². The number of alkyl carbamates (subject to hydrolysis) is 1. The molecule has 1 aromatic carbocycles. The van der Waals surface area contributed by atoms with E-state index in [9.17, 15) is 9.59 Å². The number of amides is 1. The maximum Gasteiger partial charge on any atom is 0.407 e. The molecule has 1 aromatic heterocycles. The lowest BCUT2D eigenvalue weighted by atomic mass is 9.93. The number of aromatic amines is 1. The molecule has 0 saturated heterocycles. The van der Waals surface area contributed by atoms with Gasteiger partial charge in [-0.1, -0.05) is 12.1 Å². The minimum atomic E-state index is -0.346. The number of fused-ring (bicyclic) bond motifs is 1. The Morgan fingerprint density at radius 3 is 2.69 bits per heavy atom. The van der Waals surface area contributed by atoms with Gasteiger partial charge in [0.2, 0.25) is 0 Å². The maximum absolute atomic E-state index is 12.5. The SMILES string of the molecule is CCOC(=O)NC1CCC(OCc2[nH]c3ccccc3c(=O)c2C)CC1. The van der Waals surface area contributed by atoms with Gasteiger partial charge in [0.1, 0.15) is 0 Å². The molecule has 26 heavy (non-hydrogen) atoms. The van der Waals surface area contributed by atoms with Gasteiger partial charge in [0.05, 0.1) is 19.3 Å². The Hall–Kier alpha value is -2.34. The molecule has 1 amide bonds. The van der Waals surface area contributed by atoms with Crippen LogP contribution in [0.15, 0.2) is 29.1 Å². The number of ether oxygens (including phenoxy) is 2. The summed E-state index contributed by atoms with van der Waals surface area (Å²) in [6, 6.07) is 7.68. The summed E-state index contributed by atoms with van der Waals surface area (Å²) in [5.74, 6) is 0. The molecule has 140 valence electrons. The van der Waals surface area contributed by atoms with Crippen molar-refractivity contribution in [1.82, 2.24) is 10.3 Å². The molecule has 1 heterocycles. The highest BCUT2D eigenvalue weighted by molar-refractivity contribution is 5.79. The van der Waals surface area contributed by atoms with Crippen molar-refractivity contribution in [1.29, 1.82) is 0 Å². The monoisotopic (exact) mass is 358 g/mol. The van der Waals surface area contributed by atoms with E-state index >= 15 is 0 Å². The molecule has 0 spiro atoms. The summed E-state index contributed by atoms with van der Waals surface area (Å²) in [5.41, 5.74) is 2.44. The van der Waals surface area contributed by atoms with Crippen LogP contribution in [0.3, 0.4) is 0 Å². The first-order valence-corrected chi connectivity index (χ1v) is 9.24. The number of H-pyrrole nitrogens is 1. The molecule has 1 aliphatic carbocycles. The number of para-hydroxylation sites is 1. The van der Waals surface area contributed by atoms with Gasteiger partial charge in [0.25, 0.3) is 0 Å². The van der Waals surface area contributed by atoms with Crippen molar-refractivity contribution in [3.63, 3.8) is 0 Å². The number of hydrogen-bond acceptors (Lipinski definition) is 4. The lowest BCUT2D eigenvalue weighted by molar-refractivity contribution is 0.00947. The van der Waals surface area contributed by atoms with E-state index in [2.05, 4.69) is 10.3 Å². The van der Waals surface area contributed by atoms with Gasteiger partial charge in [-0.15, -0.1) is 0 Å². The normalized spacial score (nSPS) is 20.1. The van der Waals surface area contributed by atoms with E-state index in [1.807, 2.05) is 31.2 Å². The standard InChI is InChI=1S/C20H26N2O4/c1-3-25-20(24)21-14-8-10-15(11-9-14)26-12-18-13(2)19(23)16-6-4-5-7-17(16)22-18/h4-7,14-15H,3,8-12H2,1-2H3,(H,21,24)(H,22,23). The Kier molecular flexibility index (Phi) is 5.93. The van der Waals surface area contributed by atoms with Gasteiger partial charge in [-0.25, -0.2) is 4.79 Å². The van der Waals surface area contributed by atoms with Crippen molar-refractivity contribution in [2.75, 3.05) is 6.61 Å². The van der Waals surface area contributed by atoms with Crippen molar-refractivity contribution in [2.24, 2.45) is 0 Å². The zero-order valence-electron chi connectivity index (χ0n) is 15.3. The van der Waals surface area contributed by atoms with Gasteiger partial charge in [0.15, 0.2) is 5.43 Å². The predicted octanol–water partition coefficient (Wildman–Crippen LogP) is 3.41. The van der Waals surface area contributed by atoms with Crippen LogP contribution in [0.5, 0.6) is 0 Å². The minimum absolute atomic E-state index is 0.0558. The van der Waals surface area contributed by atoms with Crippen LogP contribution >= 0.6 is 0 Å². The first-order chi connectivity index (χ1) is 12.6. The molecule has 0 atom stereocenters. The van der Waals surface area contributed by atoms with E-state index in [0.717, 1.165) is 36.9 Å². The molecule has 1 fully saturated rings. The summed E-state index contributed by atoms with van der Waals surface area (Å²) in [6.07, 6.45) is 3.31. The highest BCUT2D eigenvalue weighted by Crippen LogP contribution is 2.23. The fourth-order valence-electron chi connectivity index (χ4n) is 3.44. The lowest BCUT2D eigenvalue weighted by Crippen LogP contribution is -2.39. The molecular formula is C20H26N2O4. The van der Waals surface area contributed by atoms with Gasteiger partial charge < -0.3 is 19.8 Å². The molecular weight excluding hydrogens is 332 g/mol. The van der Waals surface area contributed by atoms with Crippen LogP contribution in [-0.2, 0) is 16.1 Å². The third-order valence-corrected chi connectivity index (χ3v) is 4.99. The molecule has 1 aliphatic rings. The van der Waals surface area contributed by atoms with Crippen molar-refractivity contribution < 1.29 is 14.3 Å². The van der Waals surface area contributed by atoms with E-state index in [-0.39, 0.29) is 23.7 Å². The molecule has 3 rings (SSSR count). The second kappa shape index (κ2) is 8.36. The molecule has 6 heteroatoms. The summed E-state index contributed by atoms with van der Waals surface area (Å²) >= 11 is 0. The van der Waals surface area contributed by atoms with Crippen LogP contribution in [0.2, 0.25) is 0 Å².